The number of carbonyl (C=O) groups is 2. The second-order valence-electron chi connectivity index (χ2n) is 5.04. The molecule has 0 unspecified atom stereocenters. The zero-order valence-electron chi connectivity index (χ0n) is 11.7. The van der Waals surface area contributed by atoms with Gasteiger partial charge in [0, 0.05) is 33.1 Å². The molecule has 1 fully saturated rings. The van der Waals surface area contributed by atoms with Crippen LogP contribution in [0.3, 0.4) is 0 Å². The van der Waals surface area contributed by atoms with Gasteiger partial charge >= 0.3 is 0 Å². The first-order valence-electron chi connectivity index (χ1n) is 6.59. The molecule has 2 amide bonds. The van der Waals surface area contributed by atoms with Crippen molar-refractivity contribution in [1.29, 1.82) is 0 Å². The summed E-state index contributed by atoms with van der Waals surface area (Å²) in [5.41, 5.74) is 0.604. The first-order valence-corrected chi connectivity index (χ1v) is 6.59. The van der Waals surface area contributed by atoms with Gasteiger partial charge in [0.15, 0.2) is 0 Å². The van der Waals surface area contributed by atoms with E-state index in [1.807, 2.05) is 11.8 Å². The number of furan rings is 1. The Morgan fingerprint density at radius 3 is 2.74 bits per heavy atom. The first kappa shape index (κ1) is 13.6. The van der Waals surface area contributed by atoms with E-state index in [0.29, 0.717) is 30.8 Å². The monoisotopic (exact) mass is 264 g/mol. The van der Waals surface area contributed by atoms with Crippen LogP contribution in [-0.4, -0.2) is 48.3 Å². The molecule has 1 aliphatic heterocycles. The van der Waals surface area contributed by atoms with Crippen molar-refractivity contribution in [2.75, 3.05) is 26.7 Å². The van der Waals surface area contributed by atoms with Gasteiger partial charge in [-0.25, -0.2) is 0 Å². The summed E-state index contributed by atoms with van der Waals surface area (Å²) in [4.78, 5) is 27.2. The van der Waals surface area contributed by atoms with Crippen molar-refractivity contribution < 1.29 is 14.0 Å². The maximum Gasteiger partial charge on any atom is 0.257 e. The summed E-state index contributed by atoms with van der Waals surface area (Å²) in [6.45, 7) is 5.58. The molecule has 0 aromatic carbocycles. The third-order valence-corrected chi connectivity index (χ3v) is 3.49. The van der Waals surface area contributed by atoms with Gasteiger partial charge in [-0.1, -0.05) is 0 Å². The van der Waals surface area contributed by atoms with E-state index in [2.05, 4.69) is 0 Å². The van der Waals surface area contributed by atoms with Gasteiger partial charge in [-0.05, 0) is 26.3 Å². The lowest BCUT2D eigenvalue weighted by atomic mass is 10.2. The van der Waals surface area contributed by atoms with Gasteiger partial charge in [0.2, 0.25) is 5.91 Å². The van der Waals surface area contributed by atoms with E-state index in [-0.39, 0.29) is 11.8 Å². The number of likely N-dealkylation sites (tertiary alicyclic amines) is 1. The quantitative estimate of drug-likeness (QED) is 0.830. The van der Waals surface area contributed by atoms with Crippen LogP contribution in [0.25, 0.3) is 0 Å². The summed E-state index contributed by atoms with van der Waals surface area (Å²) >= 11 is 0. The fraction of sp³-hybridized carbons (Fsp3) is 0.571. The maximum absolute atomic E-state index is 12.2. The number of amides is 2. The van der Waals surface area contributed by atoms with Crippen molar-refractivity contribution in [1.82, 2.24) is 9.80 Å². The Bertz CT molecular complexity index is 493. The van der Waals surface area contributed by atoms with E-state index in [4.69, 9.17) is 4.42 Å². The summed E-state index contributed by atoms with van der Waals surface area (Å²) in [5, 5.41) is 0. The van der Waals surface area contributed by atoms with E-state index in [0.717, 1.165) is 18.7 Å². The molecule has 5 heteroatoms. The SMILES string of the molecule is Cc1cc(C(=O)N(C)CCN2CCCC2=O)c(C)o1. The van der Waals surface area contributed by atoms with E-state index in [9.17, 15) is 9.59 Å². The van der Waals surface area contributed by atoms with Gasteiger partial charge in [-0.3, -0.25) is 9.59 Å². The molecular weight excluding hydrogens is 244 g/mol. The molecule has 1 saturated heterocycles. The third-order valence-electron chi connectivity index (χ3n) is 3.49. The van der Waals surface area contributed by atoms with Gasteiger partial charge < -0.3 is 14.2 Å². The summed E-state index contributed by atoms with van der Waals surface area (Å²) in [7, 11) is 1.75. The average molecular weight is 264 g/mol. The Balaban J connectivity index is 1.92. The van der Waals surface area contributed by atoms with Crippen LogP contribution in [0.4, 0.5) is 0 Å². The molecular formula is C14H20N2O3. The minimum absolute atomic E-state index is 0.0546. The summed E-state index contributed by atoms with van der Waals surface area (Å²) in [6, 6.07) is 1.76. The molecule has 0 bridgehead atoms. The molecule has 2 heterocycles. The number of nitrogens with zero attached hydrogens (tertiary/aromatic N) is 2. The van der Waals surface area contributed by atoms with Crippen molar-refractivity contribution >= 4 is 11.8 Å². The molecule has 0 saturated carbocycles. The zero-order chi connectivity index (χ0) is 14.0. The standard InChI is InChI=1S/C14H20N2O3/c1-10-9-12(11(2)19-10)14(18)15(3)7-8-16-6-4-5-13(16)17/h9H,4-8H2,1-3H3. The average Bonchev–Trinajstić information content (AvgIpc) is 2.91. The molecule has 1 aromatic rings. The fourth-order valence-corrected chi connectivity index (χ4v) is 2.36. The largest absolute Gasteiger partial charge is 0.466 e. The third kappa shape index (κ3) is 2.97. The maximum atomic E-state index is 12.2. The molecule has 0 radical (unpaired) electrons. The fourth-order valence-electron chi connectivity index (χ4n) is 2.36. The Morgan fingerprint density at radius 2 is 2.21 bits per heavy atom. The molecule has 0 atom stereocenters. The molecule has 104 valence electrons. The normalized spacial score (nSPS) is 15.1. The van der Waals surface area contributed by atoms with Crippen molar-refractivity contribution in [3.63, 3.8) is 0 Å². The lowest BCUT2D eigenvalue weighted by Gasteiger charge is -2.21. The lowest BCUT2D eigenvalue weighted by Crippen LogP contribution is -2.36. The molecule has 1 aromatic heterocycles. The molecule has 0 aliphatic carbocycles. The number of hydrogen-bond donors (Lipinski definition) is 0. The highest BCUT2D eigenvalue weighted by atomic mass is 16.3. The van der Waals surface area contributed by atoms with E-state index in [1.54, 1.807) is 24.9 Å². The topological polar surface area (TPSA) is 53.8 Å². The highest BCUT2D eigenvalue weighted by Gasteiger charge is 2.22. The zero-order valence-corrected chi connectivity index (χ0v) is 11.7. The predicted molar refractivity (Wildman–Crippen MR) is 71.0 cm³/mol. The second kappa shape index (κ2) is 5.47. The molecule has 0 spiro atoms. The Morgan fingerprint density at radius 1 is 1.47 bits per heavy atom. The Hall–Kier alpha value is -1.78. The van der Waals surface area contributed by atoms with Crippen molar-refractivity contribution in [3.05, 3.63) is 23.2 Å². The predicted octanol–water partition coefficient (Wildman–Crippen LogP) is 1.59. The van der Waals surface area contributed by atoms with Crippen LogP contribution in [0.5, 0.6) is 0 Å². The highest BCUT2D eigenvalue weighted by Crippen LogP contribution is 2.16. The van der Waals surface area contributed by atoms with Crippen LogP contribution < -0.4 is 0 Å². The van der Waals surface area contributed by atoms with Crippen LogP contribution in [0.1, 0.15) is 34.7 Å². The van der Waals surface area contributed by atoms with E-state index in [1.165, 1.54) is 0 Å². The van der Waals surface area contributed by atoms with Crippen LogP contribution in [0, 0.1) is 13.8 Å². The molecule has 2 rings (SSSR count). The first-order chi connectivity index (χ1) is 8.99. The Labute approximate surface area is 113 Å². The van der Waals surface area contributed by atoms with Crippen LogP contribution in [-0.2, 0) is 4.79 Å². The van der Waals surface area contributed by atoms with Crippen LogP contribution in [0.2, 0.25) is 0 Å². The lowest BCUT2D eigenvalue weighted by molar-refractivity contribution is -0.127. The summed E-state index contributed by atoms with van der Waals surface area (Å²) in [6.07, 6.45) is 1.56. The van der Waals surface area contributed by atoms with Crippen LogP contribution in [0.15, 0.2) is 10.5 Å². The minimum atomic E-state index is -0.0546. The highest BCUT2D eigenvalue weighted by molar-refractivity contribution is 5.95. The minimum Gasteiger partial charge on any atom is -0.466 e. The number of carbonyl (C=O) groups excluding carboxylic acids is 2. The summed E-state index contributed by atoms with van der Waals surface area (Å²) < 4.78 is 5.37. The van der Waals surface area contributed by atoms with E-state index >= 15 is 0 Å². The summed E-state index contributed by atoms with van der Waals surface area (Å²) in [5.74, 6) is 1.52. The van der Waals surface area contributed by atoms with Gasteiger partial charge in [0.25, 0.3) is 5.91 Å². The van der Waals surface area contributed by atoms with Crippen molar-refractivity contribution in [2.45, 2.75) is 26.7 Å². The molecule has 0 N–H and O–H groups in total. The molecule has 19 heavy (non-hydrogen) atoms. The van der Waals surface area contributed by atoms with Crippen molar-refractivity contribution in [2.24, 2.45) is 0 Å². The van der Waals surface area contributed by atoms with Crippen molar-refractivity contribution in [3.8, 4) is 0 Å². The Kier molecular flexibility index (Phi) is 3.93. The second-order valence-corrected chi connectivity index (χ2v) is 5.04. The number of rotatable bonds is 4. The molecule has 5 nitrogen and oxygen atoms in total. The van der Waals surface area contributed by atoms with Gasteiger partial charge in [-0.2, -0.15) is 0 Å². The van der Waals surface area contributed by atoms with Crippen LogP contribution >= 0.6 is 0 Å². The van der Waals surface area contributed by atoms with Gasteiger partial charge in [-0.15, -0.1) is 0 Å². The van der Waals surface area contributed by atoms with Gasteiger partial charge in [0.1, 0.15) is 11.5 Å². The van der Waals surface area contributed by atoms with E-state index < -0.39 is 0 Å². The smallest absolute Gasteiger partial charge is 0.257 e. The number of aryl methyl sites for hydroxylation is 2. The number of likely N-dealkylation sites (N-methyl/N-ethyl adjacent to an activating group) is 1. The number of hydrogen-bond acceptors (Lipinski definition) is 3. The van der Waals surface area contributed by atoms with Gasteiger partial charge in [0.05, 0.1) is 5.56 Å². The molecule has 1 aliphatic rings.